The summed E-state index contributed by atoms with van der Waals surface area (Å²) in [6.45, 7) is 0.0392. The van der Waals surface area contributed by atoms with E-state index in [2.05, 4.69) is 31.3 Å². The van der Waals surface area contributed by atoms with Gasteiger partial charge in [-0.1, -0.05) is 47.5 Å². The Labute approximate surface area is 275 Å². The summed E-state index contributed by atoms with van der Waals surface area (Å²) in [4.78, 5) is 18.4. The van der Waals surface area contributed by atoms with Crippen molar-refractivity contribution in [2.24, 2.45) is 0 Å². The van der Waals surface area contributed by atoms with Crippen molar-refractivity contribution < 1.29 is 17.9 Å². The van der Waals surface area contributed by atoms with E-state index in [4.69, 9.17) is 21.3 Å². The molecule has 0 radical (unpaired) electrons. The molecule has 13 heteroatoms. The third kappa shape index (κ3) is 8.06. The summed E-state index contributed by atoms with van der Waals surface area (Å²) in [7, 11) is -3.47. The summed E-state index contributed by atoms with van der Waals surface area (Å²) in [5, 5.41) is 20.3. The first kappa shape index (κ1) is 31.6. The number of aromatic nitrogens is 5. The lowest BCUT2D eigenvalue weighted by molar-refractivity contribution is 0.102. The number of hydrogen-bond acceptors (Lipinski definition) is 9. The van der Waals surface area contributed by atoms with E-state index >= 15 is 0 Å². The molecule has 236 valence electrons. The van der Waals surface area contributed by atoms with Crippen LogP contribution in [-0.4, -0.2) is 45.7 Å². The van der Waals surface area contributed by atoms with Gasteiger partial charge < -0.3 is 10.1 Å². The van der Waals surface area contributed by atoms with E-state index in [-0.39, 0.29) is 23.2 Å². The molecule has 0 saturated heterocycles. The topological polar surface area (TPSA) is 140 Å². The number of halogens is 1. The lowest BCUT2D eigenvalue weighted by atomic mass is 9.83. The maximum atomic E-state index is 13.5. The molecule has 0 bridgehead atoms. The number of tetrazole rings is 1. The molecular weight excluding hydrogens is 644 g/mol. The van der Waals surface area contributed by atoms with E-state index in [9.17, 15) is 13.2 Å². The number of carbonyl (C=O) groups excluding carboxylic acids is 1. The first-order valence-electron chi connectivity index (χ1n) is 14.8. The lowest BCUT2D eigenvalue weighted by Crippen LogP contribution is -2.14. The monoisotopic (exact) mass is 674 g/mol. The second-order valence-corrected chi connectivity index (χ2v) is 14.4. The highest BCUT2D eigenvalue weighted by molar-refractivity contribution is 7.91. The van der Waals surface area contributed by atoms with Gasteiger partial charge in [0, 0.05) is 21.9 Å². The fraction of sp³-hybridized carbons (Fsp3) is 0.242. The van der Waals surface area contributed by atoms with Crippen LogP contribution in [0.2, 0.25) is 5.02 Å². The van der Waals surface area contributed by atoms with Gasteiger partial charge in [-0.3, -0.25) is 4.79 Å². The summed E-state index contributed by atoms with van der Waals surface area (Å²) in [5.74, 6) is 1.01. The molecule has 1 saturated carbocycles. The second kappa shape index (κ2) is 14.4. The average Bonchev–Trinajstić information content (AvgIpc) is 3.72. The number of nitrogens with one attached hydrogen (secondary N) is 2. The van der Waals surface area contributed by atoms with Crippen molar-refractivity contribution in [3.05, 3.63) is 110 Å². The molecule has 1 aliphatic carbocycles. The third-order valence-electron chi connectivity index (χ3n) is 7.72. The van der Waals surface area contributed by atoms with Gasteiger partial charge in [0.15, 0.2) is 16.4 Å². The molecule has 0 spiro atoms. The molecule has 0 aliphatic heterocycles. The van der Waals surface area contributed by atoms with Gasteiger partial charge in [0.05, 0.1) is 22.0 Å². The fourth-order valence-corrected chi connectivity index (χ4v) is 7.21. The van der Waals surface area contributed by atoms with Crippen LogP contribution < -0.4 is 10.1 Å². The van der Waals surface area contributed by atoms with E-state index in [1.807, 2.05) is 36.4 Å². The molecule has 10 nitrogen and oxygen atoms in total. The van der Waals surface area contributed by atoms with Gasteiger partial charge in [0.1, 0.15) is 10.8 Å². The molecule has 46 heavy (non-hydrogen) atoms. The van der Waals surface area contributed by atoms with Crippen LogP contribution >= 0.6 is 22.9 Å². The van der Waals surface area contributed by atoms with Gasteiger partial charge in [-0.15, -0.1) is 21.5 Å². The molecule has 0 atom stereocenters. The zero-order valence-corrected chi connectivity index (χ0v) is 27.1. The smallest absolute Gasteiger partial charge is 0.255 e. The predicted octanol–water partition coefficient (Wildman–Crippen LogP) is 6.99. The highest BCUT2D eigenvalue weighted by Crippen LogP contribution is 2.36. The van der Waals surface area contributed by atoms with Crippen molar-refractivity contribution in [1.82, 2.24) is 25.6 Å². The van der Waals surface area contributed by atoms with Gasteiger partial charge >= 0.3 is 0 Å². The summed E-state index contributed by atoms with van der Waals surface area (Å²) in [5.41, 5.74) is 3.80. The summed E-state index contributed by atoms with van der Waals surface area (Å²) >= 11 is 7.54. The normalized spacial score (nSPS) is 13.5. The first-order chi connectivity index (χ1) is 22.3. The van der Waals surface area contributed by atoms with Crippen molar-refractivity contribution in [3.63, 3.8) is 0 Å². The second-order valence-electron chi connectivity index (χ2n) is 11.0. The van der Waals surface area contributed by atoms with Crippen molar-refractivity contribution >= 4 is 56.5 Å². The number of benzene rings is 3. The Morgan fingerprint density at radius 1 is 1.09 bits per heavy atom. The number of thiazole rings is 1. The number of amides is 1. The molecule has 2 aromatic heterocycles. The van der Waals surface area contributed by atoms with Crippen molar-refractivity contribution in [1.29, 1.82) is 0 Å². The SMILES string of the molecule is O=C(Nc1cc(CCCS(=O)(=O)c2ccc(Cl)cc2)ccc1OCc1nn[nH]n1)c1cccc(/C=C/c2nc(C3CCC3)cs2)c1. The van der Waals surface area contributed by atoms with Crippen LogP contribution in [0.1, 0.15) is 69.6 Å². The first-order valence-corrected chi connectivity index (χ1v) is 17.7. The van der Waals surface area contributed by atoms with E-state index in [1.165, 1.54) is 37.1 Å². The number of ether oxygens (including phenoxy) is 1. The van der Waals surface area contributed by atoms with Crippen LogP contribution in [0.15, 0.2) is 77.0 Å². The number of anilines is 1. The molecule has 6 rings (SSSR count). The Kier molecular flexibility index (Phi) is 9.86. The van der Waals surface area contributed by atoms with Crippen LogP contribution in [0.4, 0.5) is 5.69 Å². The van der Waals surface area contributed by atoms with E-state index in [1.54, 1.807) is 41.7 Å². The molecule has 2 N–H and O–H groups in total. The lowest BCUT2D eigenvalue weighted by Gasteiger charge is -2.22. The minimum atomic E-state index is -3.47. The number of H-pyrrole nitrogens is 1. The Balaban J connectivity index is 1.15. The van der Waals surface area contributed by atoms with Gasteiger partial charge in [0.2, 0.25) is 5.82 Å². The highest BCUT2D eigenvalue weighted by Gasteiger charge is 2.21. The number of carbonyl (C=O) groups is 1. The molecule has 0 unspecified atom stereocenters. The maximum absolute atomic E-state index is 13.5. The number of sulfone groups is 1. The number of nitrogens with zero attached hydrogens (tertiary/aromatic N) is 4. The summed E-state index contributed by atoms with van der Waals surface area (Å²) < 4.78 is 31.5. The highest BCUT2D eigenvalue weighted by atomic mass is 35.5. The van der Waals surface area contributed by atoms with Crippen LogP contribution in [0.5, 0.6) is 5.75 Å². The molecule has 2 heterocycles. The van der Waals surface area contributed by atoms with Crippen LogP contribution in [0.25, 0.3) is 12.2 Å². The van der Waals surface area contributed by atoms with Crippen molar-refractivity contribution in [2.45, 2.75) is 49.5 Å². The van der Waals surface area contributed by atoms with Gasteiger partial charge in [-0.25, -0.2) is 13.4 Å². The standard InChI is InChI=1S/C33H31ClN6O4S2/c34-26-11-13-27(14-12-26)46(42,43)17-3-5-23-9-15-30(44-20-31-37-39-40-38-31)28(19-23)36-33(41)25-8-1-4-22(18-25)10-16-32-35-29(21-45-32)24-6-2-7-24/h1,4,8-16,18-19,21,24H,2-3,5-7,17,20H2,(H,36,41)(H,37,38,39,40)/b16-10+. The van der Waals surface area contributed by atoms with Gasteiger partial charge in [-0.2, -0.15) is 5.21 Å². The fourth-order valence-electron chi connectivity index (χ4n) is 4.98. The Morgan fingerprint density at radius 2 is 1.93 bits per heavy atom. The number of aryl methyl sites for hydroxylation is 1. The average molecular weight is 675 g/mol. The van der Waals surface area contributed by atoms with E-state index in [0.717, 1.165) is 16.1 Å². The molecule has 3 aromatic carbocycles. The van der Waals surface area contributed by atoms with Gasteiger partial charge in [0.25, 0.3) is 5.91 Å². The molecular formula is C33H31ClN6O4S2. The Morgan fingerprint density at radius 3 is 2.70 bits per heavy atom. The van der Waals surface area contributed by atoms with Crippen molar-refractivity contribution in [3.8, 4) is 5.75 Å². The van der Waals surface area contributed by atoms with Crippen LogP contribution in [0.3, 0.4) is 0 Å². The molecule has 1 aliphatic rings. The number of hydrogen-bond donors (Lipinski definition) is 2. The van der Waals surface area contributed by atoms with E-state index < -0.39 is 9.84 Å². The zero-order chi connectivity index (χ0) is 31.9. The predicted molar refractivity (Wildman–Crippen MR) is 179 cm³/mol. The Hall–Kier alpha value is -4.39. The summed E-state index contributed by atoms with van der Waals surface area (Å²) in [6, 6.07) is 18.9. The van der Waals surface area contributed by atoms with Crippen LogP contribution in [-0.2, 0) is 22.9 Å². The minimum Gasteiger partial charge on any atom is -0.483 e. The van der Waals surface area contributed by atoms with Crippen molar-refractivity contribution in [2.75, 3.05) is 11.1 Å². The zero-order valence-electron chi connectivity index (χ0n) is 24.7. The van der Waals surface area contributed by atoms with E-state index in [0.29, 0.717) is 46.6 Å². The van der Waals surface area contributed by atoms with Gasteiger partial charge in [-0.05, 0) is 91.4 Å². The maximum Gasteiger partial charge on any atom is 0.255 e. The quantitative estimate of drug-likeness (QED) is 0.136. The third-order valence-corrected chi connectivity index (χ3v) is 10.6. The van der Waals surface area contributed by atoms with Crippen LogP contribution in [0, 0.1) is 0 Å². The summed E-state index contributed by atoms with van der Waals surface area (Å²) in [6.07, 6.45) is 8.49. The molecule has 1 amide bonds. The number of rotatable bonds is 13. The number of aromatic amines is 1. The largest absolute Gasteiger partial charge is 0.483 e. The minimum absolute atomic E-state index is 0.0321. The molecule has 1 fully saturated rings. The molecule has 5 aromatic rings. The Bertz CT molecular complexity index is 1940.